The number of hydrogen-bond acceptors (Lipinski definition) is 2. The third-order valence-electron chi connectivity index (χ3n) is 8.64. The van der Waals surface area contributed by atoms with Gasteiger partial charge in [-0.05, 0) is 105 Å². The van der Waals surface area contributed by atoms with Gasteiger partial charge in [0.1, 0.15) is 5.82 Å². The third kappa shape index (κ3) is 4.31. The van der Waals surface area contributed by atoms with Crippen LogP contribution < -0.4 is 0 Å². The summed E-state index contributed by atoms with van der Waals surface area (Å²) < 4.78 is 82.9. The maximum absolute atomic E-state index is 14.6. The van der Waals surface area contributed by atoms with Gasteiger partial charge in [0.05, 0.1) is 19.7 Å². The van der Waals surface area contributed by atoms with Crippen molar-refractivity contribution in [3.63, 3.8) is 0 Å². The van der Waals surface area contributed by atoms with Gasteiger partial charge in [0.15, 0.2) is 9.84 Å². The second-order valence-electron chi connectivity index (χ2n) is 10.9. The molecule has 0 spiro atoms. The molecule has 8 heteroatoms. The fourth-order valence-electron chi connectivity index (χ4n) is 6.76. The fraction of sp³-hybridized carbons (Fsp3) is 0.250. The molecule has 2 aliphatic rings. The Kier molecular flexibility index (Phi) is 6.50. The lowest BCUT2D eigenvalue weighted by Gasteiger charge is -2.50. The van der Waals surface area contributed by atoms with Gasteiger partial charge < -0.3 is 0 Å². The van der Waals surface area contributed by atoms with Gasteiger partial charge in [-0.15, -0.1) is 0 Å². The molecule has 0 aliphatic heterocycles. The minimum atomic E-state index is -4.68. The summed E-state index contributed by atoms with van der Waals surface area (Å²) in [6, 6.07) is 20.5. The highest BCUT2D eigenvalue weighted by Gasteiger charge is 2.55. The number of allylic oxidation sites excluding steroid dienone is 1. The minimum absolute atomic E-state index is 0.172. The number of hydrogen-bond donors (Lipinski definition) is 0. The van der Waals surface area contributed by atoms with Gasteiger partial charge in [0, 0.05) is 5.92 Å². The highest BCUT2D eigenvalue weighted by atomic mass is 79.9. The fourth-order valence-corrected chi connectivity index (χ4v) is 9.29. The smallest absolute Gasteiger partial charge is 0.223 e. The predicted octanol–water partition coefficient (Wildman–Crippen LogP) is 9.30. The van der Waals surface area contributed by atoms with Crippen molar-refractivity contribution in [2.24, 2.45) is 5.92 Å². The standard InChI is InChI=1S/C32H25BrF4O2S/c1-31(40(38,39)24-7-4-6-23(17-24)32(35,36)37)18-22(20-11-14-29(34)28(33)16-20)15-21-10-12-26-25-8-3-2-5-19(25)9-13-27(26)30(21)31/h2-14,16-17,21-22,30H,15,18H2,1H3. The van der Waals surface area contributed by atoms with E-state index < -0.39 is 38.1 Å². The molecular weight excluding hydrogens is 604 g/mol. The summed E-state index contributed by atoms with van der Waals surface area (Å²) in [5.41, 5.74) is 1.60. The molecule has 1 saturated carbocycles. The number of alkyl halides is 3. The topological polar surface area (TPSA) is 34.1 Å². The van der Waals surface area contributed by atoms with Crippen LogP contribution in [0.4, 0.5) is 17.6 Å². The Hall–Kier alpha value is -2.97. The maximum atomic E-state index is 14.6. The van der Waals surface area contributed by atoms with Crippen molar-refractivity contribution < 1.29 is 26.0 Å². The van der Waals surface area contributed by atoms with Crippen LogP contribution in [0.1, 0.15) is 53.9 Å². The van der Waals surface area contributed by atoms with E-state index in [4.69, 9.17) is 0 Å². The Morgan fingerprint density at radius 2 is 1.73 bits per heavy atom. The SMILES string of the molecule is CC1(S(=O)(=O)c2cccc(C(F)(F)F)c2)CC(c2ccc(F)c(Br)c2)CC2C=Cc3c(ccc4ccccc34)C21. The van der Waals surface area contributed by atoms with Crippen molar-refractivity contribution in [3.8, 4) is 0 Å². The second-order valence-corrected chi connectivity index (χ2v) is 14.2. The average molecular weight is 630 g/mol. The van der Waals surface area contributed by atoms with Crippen LogP contribution >= 0.6 is 15.9 Å². The summed E-state index contributed by atoms with van der Waals surface area (Å²) in [4.78, 5) is -0.346. The zero-order valence-electron chi connectivity index (χ0n) is 21.4. The van der Waals surface area contributed by atoms with E-state index in [1.54, 1.807) is 19.1 Å². The molecule has 4 unspecified atom stereocenters. The molecule has 1 fully saturated rings. The molecular formula is C32H25BrF4O2S. The first-order valence-corrected chi connectivity index (χ1v) is 15.2. The molecule has 2 nitrogen and oxygen atoms in total. The van der Waals surface area contributed by atoms with E-state index in [-0.39, 0.29) is 27.6 Å². The van der Waals surface area contributed by atoms with Crippen molar-refractivity contribution >= 4 is 42.6 Å². The number of halogens is 5. The van der Waals surface area contributed by atoms with E-state index >= 15 is 0 Å². The average Bonchev–Trinajstić information content (AvgIpc) is 2.93. The zero-order chi connectivity index (χ0) is 28.4. The van der Waals surface area contributed by atoms with Crippen molar-refractivity contribution in [1.82, 2.24) is 0 Å². The van der Waals surface area contributed by atoms with E-state index in [0.717, 1.165) is 45.7 Å². The van der Waals surface area contributed by atoms with Gasteiger partial charge in [-0.1, -0.05) is 60.7 Å². The molecule has 4 atom stereocenters. The Labute approximate surface area is 238 Å². The number of sulfone groups is 1. The van der Waals surface area contributed by atoms with Gasteiger partial charge in [0.2, 0.25) is 0 Å². The zero-order valence-corrected chi connectivity index (χ0v) is 23.8. The molecule has 4 aromatic rings. The van der Waals surface area contributed by atoms with Gasteiger partial charge in [-0.2, -0.15) is 13.2 Å². The Morgan fingerprint density at radius 3 is 2.48 bits per heavy atom. The summed E-state index contributed by atoms with van der Waals surface area (Å²) in [7, 11) is -4.29. The normalized spacial score (nSPS) is 24.5. The lowest BCUT2D eigenvalue weighted by molar-refractivity contribution is -0.137. The number of rotatable bonds is 3. The molecule has 0 aromatic heterocycles. The van der Waals surface area contributed by atoms with Crippen LogP contribution in [0.2, 0.25) is 0 Å². The Bertz CT molecular complexity index is 1780. The quantitative estimate of drug-likeness (QED) is 0.212. The van der Waals surface area contributed by atoms with Crippen LogP contribution in [0.25, 0.3) is 16.8 Å². The first kappa shape index (κ1) is 27.2. The summed E-state index contributed by atoms with van der Waals surface area (Å²) >= 11 is 3.24. The third-order valence-corrected chi connectivity index (χ3v) is 11.8. The lowest BCUT2D eigenvalue weighted by Crippen LogP contribution is -2.49. The monoisotopic (exact) mass is 628 g/mol. The molecule has 0 heterocycles. The first-order chi connectivity index (χ1) is 18.9. The van der Waals surface area contributed by atoms with Crippen LogP contribution in [0.15, 0.2) is 94.3 Å². The maximum Gasteiger partial charge on any atom is 0.416 e. The van der Waals surface area contributed by atoms with Crippen LogP contribution in [0.3, 0.4) is 0 Å². The van der Waals surface area contributed by atoms with E-state index in [9.17, 15) is 26.0 Å². The first-order valence-electron chi connectivity index (χ1n) is 13.0. The molecule has 0 bridgehead atoms. The highest BCUT2D eigenvalue weighted by Crippen LogP contribution is 2.58. The van der Waals surface area contributed by atoms with E-state index in [1.807, 2.05) is 48.6 Å². The summed E-state index contributed by atoms with van der Waals surface area (Å²) in [5.74, 6) is -1.36. The van der Waals surface area contributed by atoms with Gasteiger partial charge in [0.25, 0.3) is 0 Å². The van der Waals surface area contributed by atoms with Crippen molar-refractivity contribution in [2.75, 3.05) is 0 Å². The molecule has 2 aliphatic carbocycles. The minimum Gasteiger partial charge on any atom is -0.223 e. The highest BCUT2D eigenvalue weighted by molar-refractivity contribution is 9.10. The van der Waals surface area contributed by atoms with Gasteiger partial charge in [-0.3, -0.25) is 0 Å². The Morgan fingerprint density at radius 1 is 0.950 bits per heavy atom. The molecule has 40 heavy (non-hydrogen) atoms. The van der Waals surface area contributed by atoms with Crippen LogP contribution in [0.5, 0.6) is 0 Å². The van der Waals surface area contributed by atoms with Gasteiger partial charge >= 0.3 is 6.18 Å². The van der Waals surface area contributed by atoms with Crippen LogP contribution in [-0.4, -0.2) is 13.2 Å². The Balaban J connectivity index is 1.56. The lowest BCUT2D eigenvalue weighted by atomic mass is 9.61. The number of fused-ring (bicyclic) bond motifs is 5. The summed E-state index contributed by atoms with van der Waals surface area (Å²) in [6.45, 7) is 1.67. The summed E-state index contributed by atoms with van der Waals surface area (Å²) in [5, 5.41) is 2.02. The van der Waals surface area contributed by atoms with E-state index in [2.05, 4.69) is 15.9 Å². The molecule has 4 aromatic carbocycles. The van der Waals surface area contributed by atoms with Crippen molar-refractivity contribution in [2.45, 2.75) is 47.4 Å². The molecule has 206 valence electrons. The van der Waals surface area contributed by atoms with E-state index in [1.165, 1.54) is 12.1 Å². The van der Waals surface area contributed by atoms with Crippen molar-refractivity contribution in [3.05, 3.63) is 117 Å². The molecule has 6 rings (SSSR count). The molecule has 0 amide bonds. The van der Waals surface area contributed by atoms with Crippen LogP contribution in [0, 0.1) is 11.7 Å². The van der Waals surface area contributed by atoms with Crippen molar-refractivity contribution in [1.29, 1.82) is 0 Å². The molecule has 0 saturated heterocycles. The molecule has 0 radical (unpaired) electrons. The number of benzene rings is 4. The largest absolute Gasteiger partial charge is 0.416 e. The van der Waals surface area contributed by atoms with Gasteiger partial charge in [-0.25, -0.2) is 12.8 Å². The summed E-state index contributed by atoms with van der Waals surface area (Å²) in [6.07, 6.45) is 0.205. The molecule has 0 N–H and O–H groups in total. The van der Waals surface area contributed by atoms with E-state index in [0.29, 0.717) is 6.42 Å². The van der Waals surface area contributed by atoms with Crippen LogP contribution in [-0.2, 0) is 16.0 Å². The predicted molar refractivity (Wildman–Crippen MR) is 152 cm³/mol. The second kappa shape index (κ2) is 9.55.